The highest BCUT2D eigenvalue weighted by Gasteiger charge is 2.05. The Morgan fingerprint density at radius 2 is 2.21 bits per heavy atom. The Hall–Kier alpha value is -1.97. The molecule has 4 nitrogen and oxygen atoms in total. The predicted molar refractivity (Wildman–Crippen MR) is 53.5 cm³/mol. The first-order valence-corrected chi connectivity index (χ1v) is 4.17. The van der Waals surface area contributed by atoms with E-state index in [0.29, 0.717) is 0 Å². The van der Waals surface area contributed by atoms with Crippen LogP contribution in [0, 0.1) is 0 Å². The fraction of sp³-hybridized carbons (Fsp3) is 0.100. The van der Waals surface area contributed by atoms with Gasteiger partial charge in [-0.15, -0.1) is 0 Å². The maximum Gasteiger partial charge on any atom is 0.323 e. The minimum Gasteiger partial charge on any atom is -0.497 e. The normalized spacial score (nSPS) is 10.4. The summed E-state index contributed by atoms with van der Waals surface area (Å²) in [5.41, 5.74) is 5.98. The van der Waals surface area contributed by atoms with Crippen molar-refractivity contribution < 1.29 is 9.53 Å². The molecule has 1 aromatic heterocycles. The van der Waals surface area contributed by atoms with E-state index >= 15 is 0 Å². The van der Waals surface area contributed by atoms with E-state index in [1.54, 1.807) is 25.4 Å². The summed E-state index contributed by atoms with van der Waals surface area (Å²) in [4.78, 5) is 11.0. The molecular formula is C10H10N2O2. The number of ether oxygens (including phenoxy) is 1. The van der Waals surface area contributed by atoms with Gasteiger partial charge in [0.2, 0.25) is 0 Å². The molecule has 72 valence electrons. The van der Waals surface area contributed by atoms with Crippen LogP contribution in [0.2, 0.25) is 0 Å². The number of nitrogens with zero attached hydrogens (tertiary/aromatic N) is 1. The number of primary amides is 1. The lowest BCUT2D eigenvalue weighted by atomic mass is 10.2. The summed E-state index contributed by atoms with van der Waals surface area (Å²) in [5.74, 6) is 0.764. The number of fused-ring (bicyclic) bond motifs is 1. The summed E-state index contributed by atoms with van der Waals surface area (Å²) >= 11 is 0. The lowest BCUT2D eigenvalue weighted by Crippen LogP contribution is -2.17. The van der Waals surface area contributed by atoms with Gasteiger partial charge in [0.05, 0.1) is 12.6 Å². The Kier molecular flexibility index (Phi) is 1.89. The molecule has 0 aliphatic rings. The molecule has 1 amide bonds. The summed E-state index contributed by atoms with van der Waals surface area (Å²) < 4.78 is 6.46. The predicted octanol–water partition coefficient (Wildman–Crippen LogP) is 1.58. The van der Waals surface area contributed by atoms with Crippen LogP contribution in [0.1, 0.15) is 0 Å². The second-order valence-corrected chi connectivity index (χ2v) is 2.95. The van der Waals surface area contributed by atoms with Crippen molar-refractivity contribution in [3.63, 3.8) is 0 Å². The number of amides is 1. The van der Waals surface area contributed by atoms with E-state index in [0.717, 1.165) is 16.7 Å². The van der Waals surface area contributed by atoms with Crippen molar-refractivity contribution in [3.05, 3.63) is 30.5 Å². The Balaban J connectivity index is 2.65. The van der Waals surface area contributed by atoms with Crippen LogP contribution in [0.15, 0.2) is 30.5 Å². The number of hydrogen-bond acceptors (Lipinski definition) is 2. The van der Waals surface area contributed by atoms with Gasteiger partial charge in [-0.1, -0.05) is 0 Å². The van der Waals surface area contributed by atoms with Crippen LogP contribution >= 0.6 is 0 Å². The van der Waals surface area contributed by atoms with Gasteiger partial charge in [0.15, 0.2) is 0 Å². The van der Waals surface area contributed by atoms with Crippen LogP contribution in [-0.2, 0) is 0 Å². The minimum atomic E-state index is -0.481. The summed E-state index contributed by atoms with van der Waals surface area (Å²) in [5, 5.41) is 0.933. The molecular weight excluding hydrogens is 180 g/mol. The summed E-state index contributed by atoms with van der Waals surface area (Å²) in [6, 6.07) is 6.79. The van der Waals surface area contributed by atoms with E-state index in [-0.39, 0.29) is 0 Å². The fourth-order valence-corrected chi connectivity index (χ4v) is 1.44. The second kappa shape index (κ2) is 3.06. The van der Waals surface area contributed by atoms with Crippen LogP contribution in [0.4, 0.5) is 4.79 Å². The zero-order valence-electron chi connectivity index (χ0n) is 7.73. The third kappa shape index (κ3) is 1.21. The zero-order valence-corrected chi connectivity index (χ0v) is 7.73. The number of hydrogen-bond donors (Lipinski definition) is 1. The maximum absolute atomic E-state index is 11.0. The zero-order chi connectivity index (χ0) is 10.1. The average Bonchev–Trinajstić information content (AvgIpc) is 2.59. The average molecular weight is 190 g/mol. The second-order valence-electron chi connectivity index (χ2n) is 2.95. The number of carbonyl (C=O) groups excluding carboxylic acids is 1. The van der Waals surface area contributed by atoms with Gasteiger partial charge in [0.25, 0.3) is 0 Å². The number of aromatic nitrogens is 1. The van der Waals surface area contributed by atoms with Crippen LogP contribution in [0.5, 0.6) is 5.75 Å². The van der Waals surface area contributed by atoms with E-state index in [4.69, 9.17) is 10.5 Å². The molecule has 0 bridgehead atoms. The highest BCUT2D eigenvalue weighted by atomic mass is 16.5. The SMILES string of the molecule is COc1ccc2c(ccn2C(N)=O)c1. The topological polar surface area (TPSA) is 57.2 Å². The van der Waals surface area contributed by atoms with Crippen molar-refractivity contribution in [1.29, 1.82) is 0 Å². The molecule has 0 unspecified atom stereocenters. The van der Waals surface area contributed by atoms with Gasteiger partial charge in [0, 0.05) is 11.6 Å². The lowest BCUT2D eigenvalue weighted by Gasteiger charge is -2.01. The molecule has 0 spiro atoms. The molecule has 0 fully saturated rings. The monoisotopic (exact) mass is 190 g/mol. The van der Waals surface area contributed by atoms with Crippen LogP contribution < -0.4 is 10.5 Å². The van der Waals surface area contributed by atoms with Crippen molar-refractivity contribution in [2.45, 2.75) is 0 Å². The van der Waals surface area contributed by atoms with E-state index in [1.165, 1.54) is 4.57 Å². The van der Waals surface area contributed by atoms with Gasteiger partial charge < -0.3 is 10.5 Å². The first kappa shape index (κ1) is 8.62. The molecule has 4 heteroatoms. The highest BCUT2D eigenvalue weighted by molar-refractivity contribution is 5.91. The molecule has 2 aromatic rings. The summed E-state index contributed by atoms with van der Waals surface area (Å²) in [6.07, 6.45) is 1.65. The fourth-order valence-electron chi connectivity index (χ4n) is 1.44. The van der Waals surface area contributed by atoms with E-state index in [2.05, 4.69) is 0 Å². The van der Waals surface area contributed by atoms with Crippen LogP contribution in [-0.4, -0.2) is 17.7 Å². The van der Waals surface area contributed by atoms with Gasteiger partial charge in [-0.3, -0.25) is 4.57 Å². The largest absolute Gasteiger partial charge is 0.497 e. The Bertz CT molecular complexity index is 488. The molecule has 0 aliphatic carbocycles. The van der Waals surface area contributed by atoms with Gasteiger partial charge in [-0.25, -0.2) is 4.79 Å². The number of methoxy groups -OCH3 is 1. The Labute approximate surface area is 80.9 Å². The first-order chi connectivity index (χ1) is 6.72. The molecule has 0 radical (unpaired) electrons. The maximum atomic E-state index is 11.0. The summed E-state index contributed by atoms with van der Waals surface area (Å²) in [6.45, 7) is 0. The minimum absolute atomic E-state index is 0.481. The number of rotatable bonds is 1. The quantitative estimate of drug-likeness (QED) is 0.742. The van der Waals surface area contributed by atoms with Gasteiger partial charge in [-0.2, -0.15) is 0 Å². The third-order valence-electron chi connectivity index (χ3n) is 2.13. The molecule has 14 heavy (non-hydrogen) atoms. The van der Waals surface area contributed by atoms with Crippen molar-refractivity contribution in [1.82, 2.24) is 4.57 Å². The molecule has 2 rings (SSSR count). The smallest absolute Gasteiger partial charge is 0.323 e. The number of carbonyl (C=O) groups is 1. The standard InChI is InChI=1S/C10H10N2O2/c1-14-8-2-3-9-7(6-8)4-5-12(9)10(11)13/h2-6H,1H3,(H2,11,13). The third-order valence-corrected chi connectivity index (χ3v) is 2.13. The Morgan fingerprint density at radius 1 is 1.43 bits per heavy atom. The number of nitrogens with two attached hydrogens (primary N) is 1. The molecule has 1 aromatic carbocycles. The van der Waals surface area contributed by atoms with E-state index in [1.807, 2.05) is 12.1 Å². The summed E-state index contributed by atoms with van der Waals surface area (Å²) in [7, 11) is 1.60. The molecule has 0 saturated carbocycles. The van der Waals surface area contributed by atoms with Gasteiger partial charge in [-0.05, 0) is 24.3 Å². The van der Waals surface area contributed by atoms with E-state index < -0.39 is 6.03 Å². The van der Waals surface area contributed by atoms with Crippen LogP contribution in [0.3, 0.4) is 0 Å². The van der Waals surface area contributed by atoms with Crippen LogP contribution in [0.25, 0.3) is 10.9 Å². The van der Waals surface area contributed by atoms with Crippen molar-refractivity contribution in [2.75, 3.05) is 7.11 Å². The van der Waals surface area contributed by atoms with Crippen molar-refractivity contribution >= 4 is 16.9 Å². The Morgan fingerprint density at radius 3 is 2.86 bits per heavy atom. The lowest BCUT2D eigenvalue weighted by molar-refractivity contribution is 0.251. The van der Waals surface area contributed by atoms with Gasteiger partial charge >= 0.3 is 6.03 Å². The van der Waals surface area contributed by atoms with Gasteiger partial charge in [0.1, 0.15) is 5.75 Å². The molecule has 1 heterocycles. The molecule has 0 aliphatic heterocycles. The molecule has 0 saturated heterocycles. The van der Waals surface area contributed by atoms with Crippen molar-refractivity contribution in [3.8, 4) is 5.75 Å². The first-order valence-electron chi connectivity index (χ1n) is 4.17. The van der Waals surface area contributed by atoms with Crippen molar-refractivity contribution in [2.24, 2.45) is 5.73 Å². The highest BCUT2D eigenvalue weighted by Crippen LogP contribution is 2.21. The van der Waals surface area contributed by atoms with E-state index in [9.17, 15) is 4.79 Å². The molecule has 2 N–H and O–H groups in total. The number of benzene rings is 1. The molecule has 0 atom stereocenters.